The van der Waals surface area contributed by atoms with Gasteiger partial charge in [0.25, 0.3) is 5.56 Å². The Morgan fingerprint density at radius 3 is 1.86 bits per heavy atom. The molecular weight excluding hydrogens is 358 g/mol. The molecule has 0 bridgehead atoms. The highest BCUT2D eigenvalue weighted by molar-refractivity contribution is 5.96. The molecule has 1 aromatic heterocycles. The second kappa shape index (κ2) is 6.48. The van der Waals surface area contributed by atoms with Crippen molar-refractivity contribution in [2.45, 2.75) is 12.8 Å². The van der Waals surface area contributed by atoms with Gasteiger partial charge in [-0.1, -0.05) is 6.92 Å². The minimum Gasteiger partial charge on any atom is -0.493 e. The average Bonchev–Trinajstić information content (AvgIpc) is 3.01. The van der Waals surface area contributed by atoms with Crippen LogP contribution in [-0.2, 0) is 7.05 Å². The number of methoxy groups -OCH3 is 4. The van der Waals surface area contributed by atoms with E-state index >= 15 is 0 Å². The molecule has 0 radical (unpaired) electrons. The summed E-state index contributed by atoms with van der Waals surface area (Å²) in [4.78, 5) is 13.2. The second-order valence-corrected chi connectivity index (χ2v) is 6.90. The predicted octanol–water partition coefficient (Wildman–Crippen LogP) is 3.71. The molecule has 146 valence electrons. The first-order valence-corrected chi connectivity index (χ1v) is 9.01. The van der Waals surface area contributed by atoms with E-state index in [1.165, 1.54) is 0 Å². The van der Waals surface area contributed by atoms with Crippen LogP contribution in [0.5, 0.6) is 23.0 Å². The zero-order valence-corrected chi connectivity index (χ0v) is 16.9. The van der Waals surface area contributed by atoms with Crippen molar-refractivity contribution in [3.05, 3.63) is 45.7 Å². The molecule has 1 aliphatic rings. The maximum atomic E-state index is 13.2. The second-order valence-electron chi connectivity index (χ2n) is 6.90. The van der Waals surface area contributed by atoms with Crippen LogP contribution in [0.3, 0.4) is 0 Å². The molecule has 3 aromatic rings. The van der Waals surface area contributed by atoms with Crippen LogP contribution < -0.4 is 24.5 Å². The summed E-state index contributed by atoms with van der Waals surface area (Å²) in [6, 6.07) is 7.59. The number of aromatic nitrogens is 1. The van der Waals surface area contributed by atoms with E-state index in [9.17, 15) is 4.79 Å². The van der Waals surface area contributed by atoms with Gasteiger partial charge in [0, 0.05) is 18.5 Å². The third kappa shape index (κ3) is 2.30. The Morgan fingerprint density at radius 1 is 0.786 bits per heavy atom. The molecule has 0 spiro atoms. The molecule has 1 unspecified atom stereocenters. The van der Waals surface area contributed by atoms with Gasteiger partial charge in [0.05, 0.1) is 39.5 Å². The van der Waals surface area contributed by atoms with Crippen LogP contribution in [0, 0.1) is 0 Å². The molecule has 0 amide bonds. The zero-order valence-electron chi connectivity index (χ0n) is 16.9. The van der Waals surface area contributed by atoms with Gasteiger partial charge in [-0.2, -0.15) is 0 Å². The molecule has 1 heterocycles. The SMILES string of the molecule is COc1cc2c(cc1OC)C(C)c1c-2n(C)c(=O)c2cc(OC)c(OC)cc12. The lowest BCUT2D eigenvalue weighted by atomic mass is 9.95. The largest absolute Gasteiger partial charge is 0.493 e. The van der Waals surface area contributed by atoms with Crippen LogP contribution in [0.4, 0.5) is 0 Å². The van der Waals surface area contributed by atoms with E-state index in [2.05, 4.69) is 6.92 Å². The molecule has 4 rings (SSSR count). The summed E-state index contributed by atoms with van der Waals surface area (Å²) in [6.07, 6.45) is 0. The Kier molecular flexibility index (Phi) is 4.22. The number of rotatable bonds is 4. The number of hydrogen-bond acceptors (Lipinski definition) is 5. The van der Waals surface area contributed by atoms with E-state index in [1.54, 1.807) is 46.1 Å². The van der Waals surface area contributed by atoms with Crippen molar-refractivity contribution in [2.75, 3.05) is 28.4 Å². The van der Waals surface area contributed by atoms with Crippen LogP contribution in [0.15, 0.2) is 29.1 Å². The third-order valence-electron chi connectivity index (χ3n) is 5.65. The Morgan fingerprint density at radius 2 is 1.29 bits per heavy atom. The first-order valence-electron chi connectivity index (χ1n) is 9.01. The van der Waals surface area contributed by atoms with E-state index in [4.69, 9.17) is 18.9 Å². The summed E-state index contributed by atoms with van der Waals surface area (Å²) in [5.74, 6) is 2.54. The lowest BCUT2D eigenvalue weighted by Gasteiger charge is -2.16. The molecule has 28 heavy (non-hydrogen) atoms. The van der Waals surface area contributed by atoms with E-state index in [1.807, 2.05) is 18.2 Å². The molecule has 1 aliphatic carbocycles. The molecule has 0 saturated heterocycles. The summed E-state index contributed by atoms with van der Waals surface area (Å²) >= 11 is 0. The van der Waals surface area contributed by atoms with Gasteiger partial charge in [0.15, 0.2) is 23.0 Å². The minimum atomic E-state index is -0.0791. The van der Waals surface area contributed by atoms with Crippen molar-refractivity contribution in [3.8, 4) is 34.3 Å². The topological polar surface area (TPSA) is 58.9 Å². The van der Waals surface area contributed by atoms with Crippen molar-refractivity contribution in [2.24, 2.45) is 7.05 Å². The average molecular weight is 381 g/mol. The van der Waals surface area contributed by atoms with E-state index < -0.39 is 0 Å². The molecule has 6 heteroatoms. The maximum Gasteiger partial charge on any atom is 0.258 e. The number of nitrogens with zero attached hydrogens (tertiary/aromatic N) is 1. The van der Waals surface area contributed by atoms with Gasteiger partial charge in [0.2, 0.25) is 0 Å². The standard InChI is InChI=1S/C22H23NO5/c1-11-12-7-16(25-3)18(27-5)9-14(12)21-20(11)13-8-17(26-4)19(28-6)10-15(13)22(24)23(21)2/h7-11H,1-6H3. The molecule has 0 aliphatic heterocycles. The van der Waals surface area contributed by atoms with E-state index in [0.717, 1.165) is 27.8 Å². The summed E-state index contributed by atoms with van der Waals surface area (Å²) in [5.41, 5.74) is 3.99. The highest BCUT2D eigenvalue weighted by atomic mass is 16.5. The molecule has 2 aromatic carbocycles. The molecular formula is C22H23NO5. The van der Waals surface area contributed by atoms with Gasteiger partial charge in [-0.25, -0.2) is 0 Å². The summed E-state index contributed by atoms with van der Waals surface area (Å²) in [5, 5.41) is 1.48. The summed E-state index contributed by atoms with van der Waals surface area (Å²) in [6.45, 7) is 2.14. The van der Waals surface area contributed by atoms with Crippen LogP contribution >= 0.6 is 0 Å². The lowest BCUT2D eigenvalue weighted by Crippen LogP contribution is -2.19. The fraction of sp³-hybridized carbons (Fsp3) is 0.318. The maximum absolute atomic E-state index is 13.2. The highest BCUT2D eigenvalue weighted by Crippen LogP contribution is 2.50. The van der Waals surface area contributed by atoms with Crippen molar-refractivity contribution in [1.29, 1.82) is 0 Å². The Labute approximate surface area is 163 Å². The van der Waals surface area contributed by atoms with Crippen molar-refractivity contribution in [3.63, 3.8) is 0 Å². The van der Waals surface area contributed by atoms with Crippen LogP contribution in [-0.4, -0.2) is 33.0 Å². The van der Waals surface area contributed by atoms with Crippen molar-refractivity contribution >= 4 is 10.8 Å². The smallest absolute Gasteiger partial charge is 0.258 e. The number of fused-ring (bicyclic) bond motifs is 5. The van der Waals surface area contributed by atoms with Gasteiger partial charge >= 0.3 is 0 Å². The van der Waals surface area contributed by atoms with E-state index in [0.29, 0.717) is 28.4 Å². The summed E-state index contributed by atoms with van der Waals surface area (Å²) in [7, 11) is 8.20. The number of pyridine rings is 1. The fourth-order valence-electron chi connectivity index (χ4n) is 4.25. The Balaban J connectivity index is 2.13. The first kappa shape index (κ1) is 18.2. The number of benzene rings is 2. The molecule has 1 atom stereocenters. The Bertz CT molecular complexity index is 1160. The van der Waals surface area contributed by atoms with Gasteiger partial charge in [0.1, 0.15) is 0 Å². The van der Waals surface area contributed by atoms with Crippen molar-refractivity contribution in [1.82, 2.24) is 4.57 Å². The molecule has 6 nitrogen and oxygen atoms in total. The summed E-state index contributed by atoms with van der Waals surface area (Å²) < 4.78 is 23.6. The zero-order chi connectivity index (χ0) is 20.2. The van der Waals surface area contributed by atoms with Gasteiger partial charge < -0.3 is 23.5 Å². The molecule has 0 saturated carbocycles. The quantitative estimate of drug-likeness (QED) is 0.690. The lowest BCUT2D eigenvalue weighted by molar-refractivity contribution is 0.354. The highest BCUT2D eigenvalue weighted by Gasteiger charge is 2.32. The van der Waals surface area contributed by atoms with Gasteiger partial charge in [-0.05, 0) is 40.8 Å². The van der Waals surface area contributed by atoms with E-state index in [-0.39, 0.29) is 11.5 Å². The first-order chi connectivity index (χ1) is 13.5. The van der Waals surface area contributed by atoms with Crippen molar-refractivity contribution < 1.29 is 18.9 Å². The van der Waals surface area contributed by atoms with Gasteiger partial charge in [-0.15, -0.1) is 0 Å². The monoisotopic (exact) mass is 381 g/mol. The normalized spacial score (nSPS) is 14.6. The number of ether oxygens (including phenoxy) is 4. The molecule has 0 fully saturated rings. The van der Waals surface area contributed by atoms with Gasteiger partial charge in [-0.3, -0.25) is 4.79 Å². The number of hydrogen-bond donors (Lipinski definition) is 0. The predicted molar refractivity (Wildman–Crippen MR) is 108 cm³/mol. The Hall–Kier alpha value is -3.15. The third-order valence-corrected chi connectivity index (χ3v) is 5.65. The fourth-order valence-corrected chi connectivity index (χ4v) is 4.25. The van der Waals surface area contributed by atoms with Crippen LogP contribution in [0.1, 0.15) is 24.0 Å². The van der Waals surface area contributed by atoms with Crippen LogP contribution in [0.25, 0.3) is 22.0 Å². The van der Waals surface area contributed by atoms with Crippen LogP contribution in [0.2, 0.25) is 0 Å². The molecule has 0 N–H and O–H groups in total. The minimum absolute atomic E-state index is 0.0791.